The molecule has 0 saturated heterocycles. The second kappa shape index (κ2) is 8.21. The molecule has 128 valence electrons. The molecule has 24 heavy (non-hydrogen) atoms. The van der Waals surface area contributed by atoms with Gasteiger partial charge in [0.15, 0.2) is 11.5 Å². The number of benzene rings is 1. The fraction of sp³-hybridized carbons (Fsp3) is 0.278. The van der Waals surface area contributed by atoms with E-state index >= 15 is 0 Å². The number of hydrogen-bond acceptors (Lipinski definition) is 5. The Morgan fingerprint density at radius 3 is 2.00 bits per heavy atom. The van der Waals surface area contributed by atoms with Crippen molar-refractivity contribution >= 4 is 17.5 Å². The van der Waals surface area contributed by atoms with Gasteiger partial charge in [0.05, 0.1) is 0 Å². The summed E-state index contributed by atoms with van der Waals surface area (Å²) in [6, 6.07) is 6.57. The molecule has 0 aromatic heterocycles. The molecule has 1 unspecified atom stereocenters. The molecule has 6 nitrogen and oxygen atoms in total. The Hall–Kier alpha value is -2.73. The van der Waals surface area contributed by atoms with Crippen molar-refractivity contribution in [3.05, 3.63) is 58.4 Å². The van der Waals surface area contributed by atoms with E-state index in [4.69, 9.17) is 10.2 Å². The zero-order chi connectivity index (χ0) is 18.4. The zero-order valence-electron chi connectivity index (χ0n) is 13.7. The number of rotatable bonds is 3. The normalized spacial score (nSPS) is 14.3. The Morgan fingerprint density at radius 1 is 1.12 bits per heavy atom. The number of carboxylic acids is 1. The number of aliphatic hydroxyl groups is 2. The predicted molar refractivity (Wildman–Crippen MR) is 88.1 cm³/mol. The summed E-state index contributed by atoms with van der Waals surface area (Å²) in [5, 5.41) is 25.6. The number of fused-ring (bicyclic) bond motifs is 1. The van der Waals surface area contributed by atoms with Gasteiger partial charge < -0.3 is 15.3 Å². The fourth-order valence-electron chi connectivity index (χ4n) is 1.91. The molecule has 0 saturated carbocycles. The molecule has 3 N–H and O–H groups in total. The van der Waals surface area contributed by atoms with Gasteiger partial charge in [-0.15, -0.1) is 0 Å². The summed E-state index contributed by atoms with van der Waals surface area (Å²) < 4.78 is 0. The third kappa shape index (κ3) is 4.63. The summed E-state index contributed by atoms with van der Waals surface area (Å²) in [7, 11) is 0. The number of carboxylic acid groups (broad SMARTS) is 1. The molecular formula is C18H20O6. The number of allylic oxidation sites excluding steroid dienone is 4. The second-order valence-electron chi connectivity index (χ2n) is 5.53. The molecule has 1 aliphatic rings. The molecule has 1 aromatic rings. The molecule has 6 heteroatoms. The quantitative estimate of drug-likeness (QED) is 0.734. The van der Waals surface area contributed by atoms with Crippen LogP contribution in [0, 0.1) is 0 Å². The van der Waals surface area contributed by atoms with Gasteiger partial charge in [-0.05, 0) is 27.2 Å². The van der Waals surface area contributed by atoms with E-state index in [-0.39, 0.29) is 23.3 Å². The van der Waals surface area contributed by atoms with Crippen molar-refractivity contribution in [1.29, 1.82) is 0 Å². The van der Waals surface area contributed by atoms with Crippen LogP contribution in [0.5, 0.6) is 0 Å². The van der Waals surface area contributed by atoms with Crippen LogP contribution in [-0.2, 0) is 4.79 Å². The first kappa shape index (κ1) is 19.3. The summed E-state index contributed by atoms with van der Waals surface area (Å²) >= 11 is 0. The summed E-state index contributed by atoms with van der Waals surface area (Å²) in [4.78, 5) is 33.6. The Labute approximate surface area is 139 Å². The lowest BCUT2D eigenvalue weighted by atomic mass is 9.86. The summed E-state index contributed by atoms with van der Waals surface area (Å²) in [6.45, 7) is 5.00. The topological polar surface area (TPSA) is 112 Å². The summed E-state index contributed by atoms with van der Waals surface area (Å²) in [5.41, 5.74) is 1.87. The number of ketones is 2. The van der Waals surface area contributed by atoms with Crippen molar-refractivity contribution < 1.29 is 29.7 Å². The molecule has 0 fully saturated rings. The third-order valence-electron chi connectivity index (χ3n) is 3.26. The molecule has 0 radical (unpaired) electrons. The molecule has 0 bridgehead atoms. The van der Waals surface area contributed by atoms with Crippen molar-refractivity contribution in [2.75, 3.05) is 0 Å². The smallest absolute Gasteiger partial charge is 0.332 e. The second-order valence-corrected chi connectivity index (χ2v) is 5.53. The van der Waals surface area contributed by atoms with E-state index in [1.165, 1.54) is 6.92 Å². The average Bonchev–Trinajstić information content (AvgIpc) is 2.53. The number of carbonyl (C=O) groups excluding carboxylic acids is 2. The van der Waals surface area contributed by atoms with Crippen LogP contribution >= 0.6 is 0 Å². The largest absolute Gasteiger partial charge is 0.504 e. The molecule has 0 aliphatic heterocycles. The number of hydrogen-bond donors (Lipinski definition) is 3. The highest BCUT2D eigenvalue weighted by atomic mass is 16.4. The van der Waals surface area contributed by atoms with Crippen molar-refractivity contribution in [3.63, 3.8) is 0 Å². The lowest BCUT2D eigenvalue weighted by Gasteiger charge is -2.16. The number of aliphatic hydroxyl groups excluding tert-OH is 2. The van der Waals surface area contributed by atoms with E-state index < -0.39 is 23.6 Å². The third-order valence-corrected chi connectivity index (χ3v) is 3.26. The van der Waals surface area contributed by atoms with Crippen LogP contribution in [0.15, 0.2) is 47.2 Å². The number of Topliss-reactive ketones (excluding diaryl/α,β-unsaturated/α-hetero) is 2. The fourth-order valence-corrected chi connectivity index (χ4v) is 1.91. The monoisotopic (exact) mass is 332 g/mol. The highest BCUT2D eigenvalue weighted by molar-refractivity contribution is 6.26. The van der Waals surface area contributed by atoms with Gasteiger partial charge in [-0.3, -0.25) is 9.59 Å². The van der Waals surface area contributed by atoms with E-state index in [0.29, 0.717) is 5.56 Å². The van der Waals surface area contributed by atoms with E-state index in [1.54, 1.807) is 24.3 Å². The van der Waals surface area contributed by atoms with Crippen molar-refractivity contribution in [2.45, 2.75) is 33.3 Å². The number of carbonyl (C=O) groups is 3. The van der Waals surface area contributed by atoms with Gasteiger partial charge in [0.2, 0.25) is 5.78 Å². The standard InChI is InChI=1S/C15H14O3.C3H6O3/c1-9(2)7-8-12-13(16)10-5-3-4-6-11(10)14(17)15(12)18;1-2(4)3(5)6/h3-7,18H,8H2,1-2H3;2,4H,1H3,(H,5,6). The van der Waals surface area contributed by atoms with Crippen LogP contribution in [0.2, 0.25) is 0 Å². The Bertz CT molecular complexity index is 721. The Morgan fingerprint density at radius 2 is 1.58 bits per heavy atom. The van der Waals surface area contributed by atoms with Crippen molar-refractivity contribution in [1.82, 2.24) is 0 Å². The van der Waals surface area contributed by atoms with Crippen LogP contribution in [-0.4, -0.2) is 39.0 Å². The van der Waals surface area contributed by atoms with Crippen LogP contribution in [0.4, 0.5) is 0 Å². The molecular weight excluding hydrogens is 312 g/mol. The summed E-state index contributed by atoms with van der Waals surface area (Å²) in [5.74, 6) is -2.34. The molecule has 2 rings (SSSR count). The van der Waals surface area contributed by atoms with Crippen LogP contribution in [0.25, 0.3) is 0 Å². The summed E-state index contributed by atoms with van der Waals surface area (Å²) in [6.07, 6.45) is 0.877. The SMILES string of the molecule is CC(C)=CCC1=C(O)C(=O)c2ccccc2C1=O.CC(O)C(=O)O. The van der Waals surface area contributed by atoms with E-state index in [0.717, 1.165) is 5.57 Å². The van der Waals surface area contributed by atoms with E-state index in [2.05, 4.69) is 0 Å². The molecule has 1 atom stereocenters. The van der Waals surface area contributed by atoms with Gasteiger partial charge in [0.1, 0.15) is 6.10 Å². The minimum Gasteiger partial charge on any atom is -0.504 e. The lowest BCUT2D eigenvalue weighted by molar-refractivity contribution is -0.145. The Balaban J connectivity index is 0.000000413. The van der Waals surface area contributed by atoms with E-state index in [1.807, 2.05) is 19.9 Å². The first-order valence-electron chi connectivity index (χ1n) is 7.31. The first-order valence-corrected chi connectivity index (χ1v) is 7.31. The average molecular weight is 332 g/mol. The minimum atomic E-state index is -1.23. The van der Waals surface area contributed by atoms with Gasteiger partial charge >= 0.3 is 5.97 Å². The van der Waals surface area contributed by atoms with Gasteiger partial charge in [-0.2, -0.15) is 0 Å². The molecule has 0 spiro atoms. The highest BCUT2D eigenvalue weighted by Gasteiger charge is 2.30. The van der Waals surface area contributed by atoms with Gasteiger partial charge in [0.25, 0.3) is 0 Å². The molecule has 0 amide bonds. The van der Waals surface area contributed by atoms with Crippen molar-refractivity contribution in [3.8, 4) is 0 Å². The highest BCUT2D eigenvalue weighted by Crippen LogP contribution is 2.27. The van der Waals surface area contributed by atoms with Gasteiger partial charge in [0, 0.05) is 16.7 Å². The van der Waals surface area contributed by atoms with Crippen LogP contribution in [0.1, 0.15) is 47.9 Å². The first-order chi connectivity index (χ1) is 11.2. The number of aliphatic carboxylic acids is 1. The van der Waals surface area contributed by atoms with Gasteiger partial charge in [-0.1, -0.05) is 35.9 Å². The maximum absolute atomic E-state index is 12.2. The van der Waals surface area contributed by atoms with Gasteiger partial charge in [-0.25, -0.2) is 4.79 Å². The minimum absolute atomic E-state index is 0.180. The lowest BCUT2D eigenvalue weighted by Crippen LogP contribution is -2.21. The molecule has 1 aliphatic carbocycles. The van der Waals surface area contributed by atoms with E-state index in [9.17, 15) is 19.5 Å². The van der Waals surface area contributed by atoms with Crippen molar-refractivity contribution in [2.24, 2.45) is 0 Å². The Kier molecular flexibility index (Phi) is 6.61. The predicted octanol–water partition coefficient (Wildman–Crippen LogP) is 2.69. The van der Waals surface area contributed by atoms with Crippen LogP contribution < -0.4 is 0 Å². The van der Waals surface area contributed by atoms with Crippen LogP contribution in [0.3, 0.4) is 0 Å². The molecule has 1 aromatic carbocycles. The maximum Gasteiger partial charge on any atom is 0.332 e. The molecule has 0 heterocycles. The zero-order valence-corrected chi connectivity index (χ0v) is 13.7. The maximum atomic E-state index is 12.2.